The summed E-state index contributed by atoms with van der Waals surface area (Å²) in [6.45, 7) is 2.88. The maximum Gasteiger partial charge on any atom is 0.255 e. The molecule has 0 spiro atoms. The molecule has 0 aliphatic heterocycles. The lowest BCUT2D eigenvalue weighted by atomic mass is 10.2. The highest BCUT2D eigenvalue weighted by Gasteiger charge is 1.93. The summed E-state index contributed by atoms with van der Waals surface area (Å²) in [5.41, 5.74) is 1.25. The minimum absolute atomic E-state index is 0.813. The van der Waals surface area contributed by atoms with Gasteiger partial charge in [-0.2, -0.15) is 0 Å². The van der Waals surface area contributed by atoms with Gasteiger partial charge in [0.15, 0.2) is 4.43 Å². The number of benzene rings is 1. The first kappa shape index (κ1) is 8.84. The zero-order chi connectivity index (χ0) is 8.10. The summed E-state index contributed by atoms with van der Waals surface area (Å²) in [7, 11) is 0. The standard InChI is InChI=1S/C9H12IO/c1-8-3-2-4-9(7-8)11-6-5-10/h2-4,7,10H,5-6H2,1H3/q+1. The van der Waals surface area contributed by atoms with Gasteiger partial charge in [-0.25, -0.2) is 0 Å². The topological polar surface area (TPSA) is 9.23 Å². The average Bonchev–Trinajstić information content (AvgIpc) is 2.01. The van der Waals surface area contributed by atoms with Crippen molar-refractivity contribution < 1.29 is 27.3 Å². The van der Waals surface area contributed by atoms with Crippen molar-refractivity contribution in [3.63, 3.8) is 0 Å². The summed E-state index contributed by atoms with van der Waals surface area (Å²) < 4.78 is 6.51. The van der Waals surface area contributed by atoms with Crippen molar-refractivity contribution >= 4 is 0 Å². The Morgan fingerprint density at radius 1 is 1.45 bits per heavy atom. The van der Waals surface area contributed by atoms with Gasteiger partial charge in [0, 0.05) is 0 Å². The van der Waals surface area contributed by atoms with Crippen molar-refractivity contribution in [1.82, 2.24) is 0 Å². The van der Waals surface area contributed by atoms with Crippen LogP contribution >= 0.6 is 0 Å². The third kappa shape index (κ3) is 3.10. The molecule has 0 atom stereocenters. The van der Waals surface area contributed by atoms with E-state index in [1.165, 1.54) is 5.56 Å². The molecule has 0 radical (unpaired) electrons. The molecule has 0 aliphatic carbocycles. The van der Waals surface area contributed by atoms with Gasteiger partial charge in [-0.05, 0) is 24.6 Å². The largest absolute Gasteiger partial charge is 0.489 e. The van der Waals surface area contributed by atoms with Crippen molar-refractivity contribution in [2.24, 2.45) is 0 Å². The van der Waals surface area contributed by atoms with Gasteiger partial charge in [0.1, 0.15) is 12.4 Å². The normalized spacial score (nSPS) is 9.64. The van der Waals surface area contributed by atoms with Crippen LogP contribution in [0.2, 0.25) is 0 Å². The molecule has 0 N–H and O–H groups in total. The molecule has 2 heteroatoms. The summed E-state index contributed by atoms with van der Waals surface area (Å²) in [6, 6.07) is 8.13. The first-order chi connectivity index (χ1) is 5.33. The molecule has 0 fully saturated rings. The zero-order valence-corrected chi connectivity index (χ0v) is 8.87. The van der Waals surface area contributed by atoms with Gasteiger partial charge in [-0.15, -0.1) is 0 Å². The van der Waals surface area contributed by atoms with E-state index in [4.69, 9.17) is 4.74 Å². The Kier molecular flexibility index (Phi) is 3.69. The molecule has 60 valence electrons. The van der Waals surface area contributed by atoms with E-state index >= 15 is 0 Å². The van der Waals surface area contributed by atoms with Gasteiger partial charge in [0.05, 0.1) is 0 Å². The van der Waals surface area contributed by atoms with E-state index in [-0.39, 0.29) is 0 Å². The molecular formula is C9H12IO+. The molecule has 0 unspecified atom stereocenters. The van der Waals surface area contributed by atoms with Crippen LogP contribution < -0.4 is 27.3 Å². The van der Waals surface area contributed by atoms with Crippen LogP contribution in [-0.2, 0) is 0 Å². The third-order valence-electron chi connectivity index (χ3n) is 1.34. The van der Waals surface area contributed by atoms with Gasteiger partial charge in [0.2, 0.25) is 0 Å². The fourth-order valence-corrected chi connectivity index (χ4v) is 1.10. The minimum atomic E-state index is 0.813. The van der Waals surface area contributed by atoms with Gasteiger partial charge < -0.3 is 4.74 Å². The molecule has 1 rings (SSSR count). The number of hydrogen-bond donors (Lipinski definition) is 0. The molecule has 0 aliphatic rings. The second-order valence-corrected chi connectivity index (χ2v) is 3.53. The van der Waals surface area contributed by atoms with E-state index in [0.717, 1.165) is 16.8 Å². The Morgan fingerprint density at radius 2 is 2.27 bits per heavy atom. The summed E-state index contributed by atoms with van der Waals surface area (Å²) in [5.74, 6) is 0.980. The molecule has 0 saturated heterocycles. The second-order valence-electron chi connectivity index (χ2n) is 2.37. The Hall–Kier alpha value is -0.250. The Labute approximate surface area is 80.9 Å². The van der Waals surface area contributed by atoms with Crippen LogP contribution in [0.1, 0.15) is 5.56 Å². The first-order valence-electron chi connectivity index (χ1n) is 3.60. The van der Waals surface area contributed by atoms with Crippen molar-refractivity contribution in [2.75, 3.05) is 11.0 Å². The third-order valence-corrected chi connectivity index (χ3v) is 1.82. The second kappa shape index (κ2) is 4.59. The van der Waals surface area contributed by atoms with E-state index in [9.17, 15) is 0 Å². The fourth-order valence-electron chi connectivity index (χ4n) is 0.865. The maximum atomic E-state index is 5.44. The average molecular weight is 263 g/mol. The van der Waals surface area contributed by atoms with Gasteiger partial charge in [0.25, 0.3) is 22.6 Å². The van der Waals surface area contributed by atoms with Crippen LogP contribution in [-0.4, -0.2) is 11.0 Å². The molecular weight excluding hydrogens is 251 g/mol. The van der Waals surface area contributed by atoms with Crippen LogP contribution in [0.25, 0.3) is 0 Å². The van der Waals surface area contributed by atoms with Crippen LogP contribution in [0.15, 0.2) is 24.3 Å². The van der Waals surface area contributed by atoms with Gasteiger partial charge >= 0.3 is 0 Å². The lowest BCUT2D eigenvalue weighted by Crippen LogP contribution is -3.35. The number of aryl methyl sites for hydroxylation is 1. The van der Waals surface area contributed by atoms with Crippen LogP contribution in [0.3, 0.4) is 0 Å². The summed E-state index contributed by atoms with van der Waals surface area (Å²) in [6.07, 6.45) is 0. The van der Waals surface area contributed by atoms with E-state index in [2.05, 4.69) is 19.1 Å². The Balaban J connectivity index is 2.56. The maximum absolute atomic E-state index is 5.44. The number of alkyl halides is 1. The lowest BCUT2D eigenvalue weighted by molar-refractivity contribution is -0.370. The van der Waals surface area contributed by atoms with Crippen molar-refractivity contribution in [3.05, 3.63) is 29.8 Å². The Bertz CT molecular complexity index is 223. The quantitative estimate of drug-likeness (QED) is 0.484. The van der Waals surface area contributed by atoms with Crippen molar-refractivity contribution in [3.8, 4) is 5.75 Å². The molecule has 1 aromatic rings. The predicted octanol–water partition coefficient (Wildman–Crippen LogP) is -1.34. The Morgan fingerprint density at radius 3 is 2.91 bits per heavy atom. The fraction of sp³-hybridized carbons (Fsp3) is 0.333. The summed E-state index contributed by atoms with van der Waals surface area (Å²) in [5, 5.41) is 0. The van der Waals surface area contributed by atoms with E-state index in [0.29, 0.717) is 0 Å². The molecule has 0 aromatic heterocycles. The molecule has 11 heavy (non-hydrogen) atoms. The summed E-state index contributed by atoms with van der Waals surface area (Å²) in [4.78, 5) is 0. The summed E-state index contributed by atoms with van der Waals surface area (Å²) >= 11 is 2.04. The molecule has 0 bridgehead atoms. The first-order valence-corrected chi connectivity index (χ1v) is 5.25. The molecule has 0 amide bonds. The van der Waals surface area contributed by atoms with E-state index in [1.807, 2.05) is 34.7 Å². The van der Waals surface area contributed by atoms with Gasteiger partial charge in [-0.1, -0.05) is 12.1 Å². The highest BCUT2D eigenvalue weighted by molar-refractivity contribution is 5.27. The van der Waals surface area contributed by atoms with Gasteiger partial charge in [-0.3, -0.25) is 0 Å². The molecule has 1 nitrogen and oxygen atoms in total. The number of halogens is 1. The monoisotopic (exact) mass is 263 g/mol. The smallest absolute Gasteiger partial charge is 0.255 e. The van der Waals surface area contributed by atoms with Crippen molar-refractivity contribution in [1.29, 1.82) is 0 Å². The molecule has 0 heterocycles. The number of ether oxygens (including phenoxy) is 1. The highest BCUT2D eigenvalue weighted by atomic mass is 127. The van der Waals surface area contributed by atoms with Crippen LogP contribution in [0, 0.1) is 6.92 Å². The lowest BCUT2D eigenvalue weighted by Gasteiger charge is -2.01. The van der Waals surface area contributed by atoms with Crippen molar-refractivity contribution in [2.45, 2.75) is 6.92 Å². The zero-order valence-electron chi connectivity index (χ0n) is 6.54. The van der Waals surface area contributed by atoms with Crippen LogP contribution in [0.4, 0.5) is 0 Å². The number of hydrogen-bond acceptors (Lipinski definition) is 1. The van der Waals surface area contributed by atoms with E-state index in [1.54, 1.807) is 0 Å². The SMILES string of the molecule is Cc1cccc(OCC[IH+])c1. The molecule has 0 saturated carbocycles. The van der Waals surface area contributed by atoms with Crippen LogP contribution in [0.5, 0.6) is 5.75 Å². The minimum Gasteiger partial charge on any atom is -0.489 e. The molecule has 1 aromatic carbocycles. The predicted molar refractivity (Wildman–Crippen MR) is 42.9 cm³/mol. The highest BCUT2D eigenvalue weighted by Crippen LogP contribution is 2.11. The number of rotatable bonds is 3. The van der Waals surface area contributed by atoms with E-state index < -0.39 is 0 Å².